The molecule has 0 atom stereocenters. The van der Waals surface area contributed by atoms with Crippen LogP contribution in [0.4, 0.5) is 22.7 Å². The van der Waals surface area contributed by atoms with Gasteiger partial charge in [0.1, 0.15) is 11.4 Å². The third-order valence-electron chi connectivity index (χ3n) is 5.61. The van der Waals surface area contributed by atoms with Gasteiger partial charge in [-0.05, 0) is 24.3 Å². The second kappa shape index (κ2) is 9.29. The standard InChI is InChI=1S/C20H22N4O8S/c25-23(26)19-13-15(1-3-17(19)21-5-9-31-10-6-21)33(29,30)16-2-4-18(20(14-16)24(27)28)22-7-11-32-12-8-22/h1-4,13-14H,5-12H2. The van der Waals surface area contributed by atoms with Crippen LogP contribution in [-0.2, 0) is 19.3 Å². The van der Waals surface area contributed by atoms with E-state index in [9.17, 15) is 28.6 Å². The van der Waals surface area contributed by atoms with Crippen molar-refractivity contribution in [3.63, 3.8) is 0 Å². The Morgan fingerprint density at radius 1 is 0.697 bits per heavy atom. The van der Waals surface area contributed by atoms with Gasteiger partial charge in [-0.2, -0.15) is 0 Å². The average molecular weight is 478 g/mol. The lowest BCUT2D eigenvalue weighted by Crippen LogP contribution is -2.36. The summed E-state index contributed by atoms with van der Waals surface area (Å²) < 4.78 is 37.0. The number of nitrogens with zero attached hydrogens (tertiary/aromatic N) is 4. The summed E-state index contributed by atoms with van der Waals surface area (Å²) in [7, 11) is -4.24. The van der Waals surface area contributed by atoms with E-state index in [0.29, 0.717) is 64.0 Å². The van der Waals surface area contributed by atoms with Crippen molar-refractivity contribution in [2.75, 3.05) is 62.4 Å². The summed E-state index contributed by atoms with van der Waals surface area (Å²) in [6.45, 7) is 3.44. The minimum absolute atomic E-state index is 0.302. The number of hydrogen-bond donors (Lipinski definition) is 0. The van der Waals surface area contributed by atoms with Gasteiger partial charge in [-0.3, -0.25) is 20.2 Å². The van der Waals surface area contributed by atoms with Crippen LogP contribution >= 0.6 is 0 Å². The fourth-order valence-electron chi connectivity index (χ4n) is 3.91. The van der Waals surface area contributed by atoms with Crippen molar-refractivity contribution in [2.24, 2.45) is 0 Å². The van der Waals surface area contributed by atoms with Crippen LogP contribution in [-0.4, -0.2) is 70.9 Å². The molecule has 12 nitrogen and oxygen atoms in total. The SMILES string of the molecule is O=[N+]([O-])c1cc(S(=O)(=O)c2ccc(N3CCOCC3)c([N+](=O)[O-])c2)ccc1N1CCOCC1. The lowest BCUT2D eigenvalue weighted by molar-refractivity contribution is -0.384. The highest BCUT2D eigenvalue weighted by Gasteiger charge is 2.29. The molecule has 0 N–H and O–H groups in total. The molecule has 2 saturated heterocycles. The van der Waals surface area contributed by atoms with Crippen LogP contribution in [0.15, 0.2) is 46.2 Å². The number of benzene rings is 2. The molecule has 0 radical (unpaired) electrons. The van der Waals surface area contributed by atoms with Gasteiger partial charge in [0.2, 0.25) is 9.84 Å². The minimum Gasteiger partial charge on any atom is -0.378 e. The van der Waals surface area contributed by atoms with Gasteiger partial charge in [0.05, 0.1) is 46.1 Å². The predicted molar refractivity (Wildman–Crippen MR) is 118 cm³/mol. The van der Waals surface area contributed by atoms with E-state index in [1.165, 1.54) is 24.3 Å². The summed E-state index contributed by atoms with van der Waals surface area (Å²) in [6, 6.07) is 7.37. The van der Waals surface area contributed by atoms with Crippen molar-refractivity contribution < 1.29 is 27.7 Å². The highest BCUT2D eigenvalue weighted by molar-refractivity contribution is 7.91. The fraction of sp³-hybridized carbons (Fsp3) is 0.400. The highest BCUT2D eigenvalue weighted by Crippen LogP contribution is 2.36. The van der Waals surface area contributed by atoms with Crippen LogP contribution in [0.1, 0.15) is 0 Å². The molecule has 2 fully saturated rings. The molecule has 2 heterocycles. The number of nitro benzene ring substituents is 2. The molecule has 0 aliphatic carbocycles. The van der Waals surface area contributed by atoms with Crippen LogP contribution in [0.3, 0.4) is 0 Å². The molecule has 33 heavy (non-hydrogen) atoms. The summed E-state index contributed by atoms with van der Waals surface area (Å²) in [5.74, 6) is 0. The highest BCUT2D eigenvalue weighted by atomic mass is 32.2. The number of rotatable bonds is 6. The van der Waals surface area contributed by atoms with Gasteiger partial charge < -0.3 is 19.3 Å². The Morgan fingerprint density at radius 2 is 1.06 bits per heavy atom. The molecule has 2 aromatic rings. The monoisotopic (exact) mass is 478 g/mol. The molecule has 0 amide bonds. The third kappa shape index (κ3) is 4.60. The van der Waals surface area contributed by atoms with E-state index in [2.05, 4.69) is 0 Å². The van der Waals surface area contributed by atoms with Crippen molar-refractivity contribution in [2.45, 2.75) is 9.79 Å². The smallest absolute Gasteiger partial charge is 0.293 e. The lowest BCUT2D eigenvalue weighted by atomic mass is 10.2. The Morgan fingerprint density at radius 3 is 1.39 bits per heavy atom. The van der Waals surface area contributed by atoms with Gasteiger partial charge in [-0.25, -0.2) is 8.42 Å². The molecular weight excluding hydrogens is 456 g/mol. The Bertz CT molecular complexity index is 1090. The van der Waals surface area contributed by atoms with E-state index in [-0.39, 0.29) is 21.2 Å². The summed E-state index contributed by atoms with van der Waals surface area (Å²) in [6.07, 6.45) is 0. The fourth-order valence-corrected chi connectivity index (χ4v) is 5.21. The van der Waals surface area contributed by atoms with Crippen molar-refractivity contribution in [3.05, 3.63) is 56.6 Å². The molecule has 2 aliphatic rings. The van der Waals surface area contributed by atoms with Crippen molar-refractivity contribution in [1.82, 2.24) is 0 Å². The molecule has 0 spiro atoms. The average Bonchev–Trinajstić information content (AvgIpc) is 2.84. The number of morpholine rings is 2. The molecule has 4 rings (SSSR count). The molecule has 13 heteroatoms. The Kier molecular flexibility index (Phi) is 6.44. The van der Waals surface area contributed by atoms with E-state index < -0.39 is 19.7 Å². The van der Waals surface area contributed by atoms with E-state index >= 15 is 0 Å². The van der Waals surface area contributed by atoms with Crippen molar-refractivity contribution in [3.8, 4) is 0 Å². The van der Waals surface area contributed by atoms with Gasteiger partial charge in [0.25, 0.3) is 11.4 Å². The number of hydrogen-bond acceptors (Lipinski definition) is 10. The summed E-state index contributed by atoms with van der Waals surface area (Å²) in [5, 5.41) is 23.4. The molecule has 2 aliphatic heterocycles. The van der Waals surface area contributed by atoms with Gasteiger partial charge in [-0.15, -0.1) is 0 Å². The first-order valence-electron chi connectivity index (χ1n) is 10.3. The van der Waals surface area contributed by atoms with Crippen LogP contribution in [0.25, 0.3) is 0 Å². The first-order valence-corrected chi connectivity index (χ1v) is 11.7. The molecule has 0 saturated carbocycles. The quantitative estimate of drug-likeness (QED) is 0.446. The van der Waals surface area contributed by atoms with Gasteiger partial charge in [-0.1, -0.05) is 0 Å². The first-order chi connectivity index (χ1) is 15.8. The molecule has 0 bridgehead atoms. The Balaban J connectivity index is 1.73. The largest absolute Gasteiger partial charge is 0.378 e. The lowest BCUT2D eigenvalue weighted by Gasteiger charge is -2.28. The Labute approximate surface area is 189 Å². The maximum atomic E-state index is 13.2. The molecule has 2 aromatic carbocycles. The Hall–Kier alpha value is -3.29. The van der Waals surface area contributed by atoms with Crippen molar-refractivity contribution >= 4 is 32.6 Å². The van der Waals surface area contributed by atoms with Crippen LogP contribution < -0.4 is 9.80 Å². The minimum atomic E-state index is -4.24. The molecule has 176 valence electrons. The number of sulfone groups is 1. The third-order valence-corrected chi connectivity index (χ3v) is 7.36. The van der Waals surface area contributed by atoms with Crippen LogP contribution in [0.5, 0.6) is 0 Å². The van der Waals surface area contributed by atoms with E-state index in [1.807, 2.05) is 0 Å². The van der Waals surface area contributed by atoms with Crippen molar-refractivity contribution in [1.29, 1.82) is 0 Å². The van der Waals surface area contributed by atoms with E-state index in [1.54, 1.807) is 9.80 Å². The first kappa shape index (κ1) is 22.9. The zero-order valence-electron chi connectivity index (χ0n) is 17.6. The molecule has 0 unspecified atom stereocenters. The predicted octanol–water partition coefficient (Wildman–Crippen LogP) is 2.01. The summed E-state index contributed by atoms with van der Waals surface area (Å²) in [5.41, 5.74) is -0.0957. The topological polar surface area (TPSA) is 145 Å². The van der Waals surface area contributed by atoms with Gasteiger partial charge in [0.15, 0.2) is 0 Å². The second-order valence-corrected chi connectivity index (χ2v) is 9.47. The maximum absolute atomic E-state index is 13.2. The number of nitro groups is 2. The van der Waals surface area contributed by atoms with Crippen LogP contribution in [0, 0.1) is 20.2 Å². The summed E-state index contributed by atoms with van der Waals surface area (Å²) >= 11 is 0. The zero-order chi connectivity index (χ0) is 23.6. The normalized spacial score (nSPS) is 17.1. The number of anilines is 2. The molecule has 0 aromatic heterocycles. The van der Waals surface area contributed by atoms with Gasteiger partial charge >= 0.3 is 0 Å². The number of ether oxygens (including phenoxy) is 2. The zero-order valence-corrected chi connectivity index (χ0v) is 18.4. The van der Waals surface area contributed by atoms with Crippen LogP contribution in [0.2, 0.25) is 0 Å². The van der Waals surface area contributed by atoms with E-state index in [0.717, 1.165) is 12.1 Å². The summed E-state index contributed by atoms with van der Waals surface area (Å²) in [4.78, 5) is 25.0. The maximum Gasteiger partial charge on any atom is 0.293 e. The van der Waals surface area contributed by atoms with Gasteiger partial charge in [0, 0.05) is 38.3 Å². The second-order valence-electron chi connectivity index (χ2n) is 7.52. The van der Waals surface area contributed by atoms with E-state index in [4.69, 9.17) is 9.47 Å². The molecular formula is C20H22N4O8S.